The van der Waals surface area contributed by atoms with E-state index in [4.69, 9.17) is 17.3 Å². The number of halogens is 1. The second kappa shape index (κ2) is 6.10. The van der Waals surface area contributed by atoms with Crippen molar-refractivity contribution in [1.82, 2.24) is 14.7 Å². The molecule has 0 radical (unpaired) electrons. The second-order valence-corrected chi connectivity index (χ2v) is 6.04. The highest BCUT2D eigenvalue weighted by Gasteiger charge is 2.25. The fourth-order valence-electron chi connectivity index (χ4n) is 2.76. The van der Waals surface area contributed by atoms with Crippen LogP contribution in [0.4, 0.5) is 0 Å². The van der Waals surface area contributed by atoms with Crippen LogP contribution in [0.25, 0.3) is 5.69 Å². The third kappa shape index (κ3) is 2.74. The van der Waals surface area contributed by atoms with Crippen molar-refractivity contribution in [2.24, 2.45) is 5.73 Å². The predicted molar refractivity (Wildman–Crippen MR) is 86.4 cm³/mol. The molecule has 1 amide bonds. The lowest BCUT2D eigenvalue weighted by Gasteiger charge is -2.30. The zero-order chi connectivity index (χ0) is 15.7. The molecule has 2 N–H and O–H groups in total. The molecule has 0 bridgehead atoms. The summed E-state index contributed by atoms with van der Waals surface area (Å²) in [6.45, 7) is 3.30. The van der Waals surface area contributed by atoms with E-state index in [9.17, 15) is 4.79 Å². The summed E-state index contributed by atoms with van der Waals surface area (Å²) >= 11 is 6.21. The minimum atomic E-state index is 0.0164. The lowest BCUT2D eigenvalue weighted by atomic mass is 10.1. The summed E-state index contributed by atoms with van der Waals surface area (Å²) in [5.74, 6) is 0.0164. The number of nitrogens with zero attached hydrogens (tertiary/aromatic N) is 3. The number of carbonyl (C=O) groups excluding carboxylic acids is 1. The molecular weight excluding hydrogens is 300 g/mol. The van der Waals surface area contributed by atoms with E-state index in [0.717, 1.165) is 24.2 Å². The van der Waals surface area contributed by atoms with Crippen molar-refractivity contribution in [3.05, 3.63) is 46.7 Å². The van der Waals surface area contributed by atoms with Crippen LogP contribution in [0.15, 0.2) is 30.5 Å². The van der Waals surface area contributed by atoms with Crippen LogP contribution in [0.1, 0.15) is 28.9 Å². The average molecular weight is 319 g/mol. The molecule has 2 heterocycles. The van der Waals surface area contributed by atoms with Crippen LogP contribution < -0.4 is 5.73 Å². The molecule has 0 atom stereocenters. The largest absolute Gasteiger partial charge is 0.338 e. The van der Waals surface area contributed by atoms with E-state index in [1.165, 1.54) is 0 Å². The van der Waals surface area contributed by atoms with E-state index in [-0.39, 0.29) is 11.9 Å². The molecule has 1 aliphatic rings. The molecule has 5 nitrogen and oxygen atoms in total. The molecule has 22 heavy (non-hydrogen) atoms. The van der Waals surface area contributed by atoms with Crippen LogP contribution in [-0.4, -0.2) is 39.7 Å². The van der Waals surface area contributed by atoms with Crippen LogP contribution in [0.3, 0.4) is 0 Å². The fourth-order valence-corrected chi connectivity index (χ4v) is 2.97. The molecule has 2 aromatic rings. The number of piperidine rings is 1. The molecule has 0 spiro atoms. The Labute approximate surface area is 134 Å². The monoisotopic (exact) mass is 318 g/mol. The van der Waals surface area contributed by atoms with Gasteiger partial charge in [-0.15, -0.1) is 0 Å². The first kappa shape index (κ1) is 15.1. The molecule has 1 fully saturated rings. The van der Waals surface area contributed by atoms with Gasteiger partial charge in [-0.1, -0.05) is 23.7 Å². The Kier molecular flexibility index (Phi) is 4.18. The van der Waals surface area contributed by atoms with Crippen molar-refractivity contribution >= 4 is 17.5 Å². The maximum atomic E-state index is 12.7. The van der Waals surface area contributed by atoms with E-state index in [1.54, 1.807) is 10.9 Å². The Morgan fingerprint density at radius 1 is 1.32 bits per heavy atom. The molecule has 0 unspecified atom stereocenters. The van der Waals surface area contributed by atoms with Crippen LogP contribution in [-0.2, 0) is 0 Å². The molecule has 1 aliphatic heterocycles. The van der Waals surface area contributed by atoms with Gasteiger partial charge >= 0.3 is 0 Å². The van der Waals surface area contributed by atoms with Crippen LogP contribution in [0.2, 0.25) is 5.02 Å². The summed E-state index contributed by atoms with van der Waals surface area (Å²) in [6, 6.07) is 7.67. The highest BCUT2D eigenvalue weighted by atomic mass is 35.5. The van der Waals surface area contributed by atoms with Crippen molar-refractivity contribution in [2.75, 3.05) is 13.1 Å². The van der Waals surface area contributed by atoms with Gasteiger partial charge in [0.25, 0.3) is 5.91 Å². The van der Waals surface area contributed by atoms with Gasteiger partial charge in [-0.05, 0) is 31.9 Å². The maximum Gasteiger partial charge on any atom is 0.257 e. The highest BCUT2D eigenvalue weighted by molar-refractivity contribution is 6.32. The number of carbonyl (C=O) groups is 1. The summed E-state index contributed by atoms with van der Waals surface area (Å²) in [5.41, 5.74) is 8.09. The molecule has 0 saturated carbocycles. The first-order chi connectivity index (χ1) is 10.6. The number of likely N-dealkylation sites (tertiary alicyclic amines) is 1. The molecular formula is C16H19ClN4O. The minimum absolute atomic E-state index is 0.0164. The first-order valence-electron chi connectivity index (χ1n) is 7.42. The highest BCUT2D eigenvalue weighted by Crippen LogP contribution is 2.23. The van der Waals surface area contributed by atoms with Gasteiger partial charge in [0.2, 0.25) is 0 Å². The summed E-state index contributed by atoms with van der Waals surface area (Å²) in [5, 5.41) is 4.95. The van der Waals surface area contributed by atoms with E-state index in [1.807, 2.05) is 36.1 Å². The normalized spacial score (nSPS) is 16.0. The van der Waals surface area contributed by atoms with Crippen LogP contribution >= 0.6 is 11.6 Å². The number of para-hydroxylation sites is 1. The Bertz CT molecular complexity index is 689. The molecule has 0 aliphatic carbocycles. The van der Waals surface area contributed by atoms with Gasteiger partial charge in [0.05, 0.1) is 28.2 Å². The third-order valence-electron chi connectivity index (χ3n) is 4.15. The van der Waals surface area contributed by atoms with Crippen LogP contribution in [0, 0.1) is 6.92 Å². The predicted octanol–water partition coefficient (Wildman–Crippen LogP) is 2.40. The zero-order valence-corrected chi connectivity index (χ0v) is 13.3. The van der Waals surface area contributed by atoms with Gasteiger partial charge in [-0.2, -0.15) is 5.10 Å². The lowest BCUT2D eigenvalue weighted by Crippen LogP contribution is -2.42. The molecule has 1 aromatic heterocycles. The van der Waals surface area contributed by atoms with Gasteiger partial charge in [-0.3, -0.25) is 4.79 Å². The van der Waals surface area contributed by atoms with Crippen molar-refractivity contribution in [2.45, 2.75) is 25.8 Å². The number of aromatic nitrogens is 2. The summed E-state index contributed by atoms with van der Waals surface area (Å²) in [6.07, 6.45) is 3.32. The Morgan fingerprint density at radius 3 is 2.68 bits per heavy atom. The number of rotatable bonds is 2. The van der Waals surface area contributed by atoms with Crippen molar-refractivity contribution in [1.29, 1.82) is 0 Å². The number of hydrogen-bond acceptors (Lipinski definition) is 3. The molecule has 6 heteroatoms. The maximum absolute atomic E-state index is 12.7. The second-order valence-electron chi connectivity index (χ2n) is 5.64. The number of benzene rings is 1. The van der Waals surface area contributed by atoms with E-state index in [2.05, 4.69) is 5.10 Å². The molecule has 1 aromatic carbocycles. The van der Waals surface area contributed by atoms with E-state index < -0.39 is 0 Å². The first-order valence-corrected chi connectivity index (χ1v) is 7.80. The Balaban J connectivity index is 1.88. The standard InChI is InChI=1S/C16H19ClN4O/c1-11-13(16(22)20-8-6-12(18)7-9-20)10-19-21(11)15-5-3-2-4-14(15)17/h2-5,10,12H,6-9,18H2,1H3. The SMILES string of the molecule is Cc1c(C(=O)N2CCC(N)CC2)cnn1-c1ccccc1Cl. The fraction of sp³-hybridized carbons (Fsp3) is 0.375. The van der Waals surface area contributed by atoms with Gasteiger partial charge in [0, 0.05) is 19.1 Å². The average Bonchev–Trinajstić information content (AvgIpc) is 2.89. The number of nitrogens with two attached hydrogens (primary N) is 1. The van der Waals surface area contributed by atoms with E-state index in [0.29, 0.717) is 23.7 Å². The van der Waals surface area contributed by atoms with Gasteiger partial charge < -0.3 is 10.6 Å². The summed E-state index contributed by atoms with van der Waals surface area (Å²) < 4.78 is 1.71. The number of amides is 1. The zero-order valence-electron chi connectivity index (χ0n) is 12.5. The Morgan fingerprint density at radius 2 is 2.00 bits per heavy atom. The quantitative estimate of drug-likeness (QED) is 0.924. The lowest BCUT2D eigenvalue weighted by molar-refractivity contribution is 0.0714. The van der Waals surface area contributed by atoms with Crippen molar-refractivity contribution < 1.29 is 4.79 Å². The smallest absolute Gasteiger partial charge is 0.257 e. The van der Waals surface area contributed by atoms with Crippen molar-refractivity contribution in [3.63, 3.8) is 0 Å². The topological polar surface area (TPSA) is 64.2 Å². The van der Waals surface area contributed by atoms with Crippen molar-refractivity contribution in [3.8, 4) is 5.69 Å². The molecule has 116 valence electrons. The van der Waals surface area contributed by atoms with Gasteiger partial charge in [-0.25, -0.2) is 4.68 Å². The van der Waals surface area contributed by atoms with E-state index >= 15 is 0 Å². The Hall–Kier alpha value is -1.85. The minimum Gasteiger partial charge on any atom is -0.338 e. The summed E-state index contributed by atoms with van der Waals surface area (Å²) in [4.78, 5) is 14.5. The summed E-state index contributed by atoms with van der Waals surface area (Å²) in [7, 11) is 0. The van der Waals surface area contributed by atoms with Gasteiger partial charge in [0.1, 0.15) is 0 Å². The third-order valence-corrected chi connectivity index (χ3v) is 4.47. The van der Waals surface area contributed by atoms with Crippen LogP contribution in [0.5, 0.6) is 0 Å². The molecule has 1 saturated heterocycles. The molecule has 3 rings (SSSR count). The number of hydrogen-bond donors (Lipinski definition) is 1. The van der Waals surface area contributed by atoms with Gasteiger partial charge in [0.15, 0.2) is 0 Å².